The second-order valence-corrected chi connectivity index (χ2v) is 7.86. The molecule has 130 valence electrons. The van der Waals surface area contributed by atoms with E-state index in [-0.39, 0.29) is 16.3 Å². The Hall–Kier alpha value is -2.07. The Morgan fingerprint density at radius 2 is 1.68 bits per heavy atom. The number of carbonyl (C=O) groups excluding carboxylic acids is 2. The van der Waals surface area contributed by atoms with E-state index in [1.165, 1.54) is 23.6 Å². The molecule has 1 aliphatic rings. The maximum atomic E-state index is 12.3. The predicted octanol–water partition coefficient (Wildman–Crippen LogP) is 4.21. The van der Waals surface area contributed by atoms with Crippen LogP contribution in [-0.4, -0.2) is 22.3 Å². The Labute approximate surface area is 153 Å². The first-order valence-electron chi connectivity index (χ1n) is 8.74. The topological polar surface area (TPSA) is 46.2 Å². The zero-order valence-electron chi connectivity index (χ0n) is 14.4. The number of hydrogen-bond donors (Lipinski definition) is 1. The van der Waals surface area contributed by atoms with Crippen LogP contribution in [0.1, 0.15) is 31.7 Å². The summed E-state index contributed by atoms with van der Waals surface area (Å²) in [6.45, 7) is 1.52. The van der Waals surface area contributed by atoms with E-state index >= 15 is 0 Å². The van der Waals surface area contributed by atoms with E-state index in [0.717, 1.165) is 31.0 Å². The number of amides is 1. The molecule has 0 aliphatic heterocycles. The molecule has 0 spiro atoms. The highest BCUT2D eigenvalue weighted by Crippen LogP contribution is 2.24. The van der Waals surface area contributed by atoms with Crippen LogP contribution in [0.2, 0.25) is 0 Å². The van der Waals surface area contributed by atoms with Gasteiger partial charge < -0.3 is 5.32 Å². The molecule has 1 aliphatic carbocycles. The van der Waals surface area contributed by atoms with Crippen molar-refractivity contribution in [1.82, 2.24) is 5.32 Å². The smallest absolute Gasteiger partial charge is 0.233 e. The summed E-state index contributed by atoms with van der Waals surface area (Å²) in [5.41, 5.74) is 3.57. The number of nitrogens with one attached hydrogen (secondary N) is 1. The molecule has 0 saturated heterocycles. The zero-order valence-corrected chi connectivity index (χ0v) is 15.2. The summed E-state index contributed by atoms with van der Waals surface area (Å²) in [6.07, 6.45) is 3.58. The van der Waals surface area contributed by atoms with Gasteiger partial charge in [0.15, 0.2) is 5.12 Å². The Morgan fingerprint density at radius 1 is 1.04 bits per heavy atom. The Bertz CT molecular complexity index is 723. The first kappa shape index (κ1) is 17.7. The van der Waals surface area contributed by atoms with E-state index in [2.05, 4.69) is 41.7 Å². The van der Waals surface area contributed by atoms with E-state index in [0.29, 0.717) is 12.5 Å². The lowest BCUT2D eigenvalue weighted by molar-refractivity contribution is -0.121. The van der Waals surface area contributed by atoms with Crippen molar-refractivity contribution in [1.29, 1.82) is 0 Å². The van der Waals surface area contributed by atoms with Gasteiger partial charge in [-0.05, 0) is 42.4 Å². The van der Waals surface area contributed by atoms with E-state index in [1.54, 1.807) is 0 Å². The molecule has 4 heteroatoms. The highest BCUT2D eigenvalue weighted by atomic mass is 32.2. The van der Waals surface area contributed by atoms with E-state index in [9.17, 15) is 9.59 Å². The number of hydrogen-bond acceptors (Lipinski definition) is 3. The summed E-state index contributed by atoms with van der Waals surface area (Å²) >= 11 is 1.15. The fourth-order valence-electron chi connectivity index (χ4n) is 2.76. The molecule has 1 fully saturated rings. The third kappa shape index (κ3) is 5.46. The van der Waals surface area contributed by atoms with Gasteiger partial charge in [0, 0.05) is 13.0 Å². The van der Waals surface area contributed by atoms with Crippen LogP contribution in [0, 0.1) is 0 Å². The standard InChI is InChI=1S/C21H23NO2S/c1-15(23)25-20(21(24)22-19-12-13-19)14-9-16-7-10-18(11-8-16)17-5-3-2-4-6-17/h2-8,10-11,19-20H,9,12-14H2,1H3,(H,22,24). The fourth-order valence-corrected chi connectivity index (χ4v) is 3.57. The summed E-state index contributed by atoms with van der Waals surface area (Å²) < 4.78 is 0. The minimum Gasteiger partial charge on any atom is -0.352 e. The van der Waals surface area contributed by atoms with Crippen LogP contribution in [-0.2, 0) is 16.0 Å². The molecule has 25 heavy (non-hydrogen) atoms. The SMILES string of the molecule is CC(=O)SC(CCc1ccc(-c2ccccc2)cc1)C(=O)NC1CC1. The molecule has 3 nitrogen and oxygen atoms in total. The van der Waals surface area contributed by atoms with Crippen molar-refractivity contribution >= 4 is 22.8 Å². The van der Waals surface area contributed by atoms with Crippen molar-refractivity contribution in [2.45, 2.75) is 43.9 Å². The summed E-state index contributed by atoms with van der Waals surface area (Å²) in [6, 6.07) is 19.0. The van der Waals surface area contributed by atoms with Crippen molar-refractivity contribution in [2.24, 2.45) is 0 Å². The van der Waals surface area contributed by atoms with Gasteiger partial charge in [0.05, 0.1) is 5.25 Å². The highest BCUT2D eigenvalue weighted by molar-refractivity contribution is 8.14. The Kier molecular flexibility index (Phi) is 5.92. The van der Waals surface area contributed by atoms with E-state index < -0.39 is 0 Å². The molecular weight excluding hydrogens is 330 g/mol. The van der Waals surface area contributed by atoms with Crippen LogP contribution in [0.15, 0.2) is 54.6 Å². The number of benzene rings is 2. The van der Waals surface area contributed by atoms with Gasteiger partial charge in [-0.25, -0.2) is 0 Å². The number of thioether (sulfide) groups is 1. The van der Waals surface area contributed by atoms with Crippen molar-refractivity contribution < 1.29 is 9.59 Å². The first-order valence-corrected chi connectivity index (χ1v) is 9.62. The average Bonchev–Trinajstić information content (AvgIpc) is 3.43. The second kappa shape index (κ2) is 8.34. The van der Waals surface area contributed by atoms with Crippen molar-refractivity contribution in [3.05, 3.63) is 60.2 Å². The molecule has 1 unspecified atom stereocenters. The van der Waals surface area contributed by atoms with Crippen LogP contribution in [0.3, 0.4) is 0 Å². The van der Waals surface area contributed by atoms with E-state index in [1.807, 2.05) is 18.2 Å². The van der Waals surface area contributed by atoms with Gasteiger partial charge in [-0.1, -0.05) is 66.4 Å². The van der Waals surface area contributed by atoms with Crippen LogP contribution in [0.4, 0.5) is 0 Å². The Morgan fingerprint density at radius 3 is 2.28 bits per heavy atom. The van der Waals surface area contributed by atoms with Gasteiger partial charge in [-0.2, -0.15) is 0 Å². The predicted molar refractivity (Wildman–Crippen MR) is 103 cm³/mol. The normalized spacial score (nSPS) is 14.8. The molecule has 2 aromatic carbocycles. The summed E-state index contributed by atoms with van der Waals surface area (Å²) in [7, 11) is 0. The molecule has 0 bridgehead atoms. The maximum Gasteiger partial charge on any atom is 0.233 e. The van der Waals surface area contributed by atoms with Crippen molar-refractivity contribution in [2.75, 3.05) is 0 Å². The number of carbonyl (C=O) groups is 2. The summed E-state index contributed by atoms with van der Waals surface area (Å²) in [5.74, 6) is 0.00334. The van der Waals surface area contributed by atoms with Gasteiger partial charge in [-0.15, -0.1) is 0 Å². The highest BCUT2D eigenvalue weighted by Gasteiger charge is 2.28. The molecule has 0 heterocycles. The zero-order chi connectivity index (χ0) is 17.6. The maximum absolute atomic E-state index is 12.3. The minimum absolute atomic E-state index is 0.00334. The molecule has 3 rings (SSSR count). The number of rotatable bonds is 7. The van der Waals surface area contributed by atoms with Gasteiger partial charge in [0.1, 0.15) is 0 Å². The molecule has 1 amide bonds. The quantitative estimate of drug-likeness (QED) is 0.811. The van der Waals surface area contributed by atoms with Gasteiger partial charge in [0.2, 0.25) is 5.91 Å². The van der Waals surface area contributed by atoms with Crippen LogP contribution >= 0.6 is 11.8 Å². The number of aryl methyl sites for hydroxylation is 1. The van der Waals surface area contributed by atoms with Crippen molar-refractivity contribution in [3.8, 4) is 11.1 Å². The van der Waals surface area contributed by atoms with E-state index in [4.69, 9.17) is 0 Å². The molecule has 1 N–H and O–H groups in total. The Balaban J connectivity index is 1.59. The van der Waals surface area contributed by atoms with Crippen LogP contribution in [0.25, 0.3) is 11.1 Å². The van der Waals surface area contributed by atoms with Crippen LogP contribution < -0.4 is 5.32 Å². The molecule has 0 aromatic heterocycles. The third-order valence-corrected chi connectivity index (χ3v) is 5.35. The molecular formula is C21H23NO2S. The largest absolute Gasteiger partial charge is 0.352 e. The summed E-state index contributed by atoms with van der Waals surface area (Å²) in [5, 5.41) is 2.71. The molecule has 0 radical (unpaired) electrons. The van der Waals surface area contributed by atoms with Gasteiger partial charge in [-0.3, -0.25) is 9.59 Å². The fraction of sp³-hybridized carbons (Fsp3) is 0.333. The lowest BCUT2D eigenvalue weighted by Gasteiger charge is -2.15. The molecule has 2 aromatic rings. The van der Waals surface area contributed by atoms with Gasteiger partial charge >= 0.3 is 0 Å². The molecule has 1 saturated carbocycles. The first-order chi connectivity index (χ1) is 12.1. The lowest BCUT2D eigenvalue weighted by Crippen LogP contribution is -2.35. The molecule has 1 atom stereocenters. The van der Waals surface area contributed by atoms with Crippen LogP contribution in [0.5, 0.6) is 0 Å². The average molecular weight is 353 g/mol. The third-order valence-electron chi connectivity index (χ3n) is 4.28. The second-order valence-electron chi connectivity index (χ2n) is 6.48. The van der Waals surface area contributed by atoms with Gasteiger partial charge in [0.25, 0.3) is 0 Å². The monoisotopic (exact) mass is 353 g/mol. The summed E-state index contributed by atoms with van der Waals surface area (Å²) in [4.78, 5) is 23.8. The lowest BCUT2D eigenvalue weighted by atomic mass is 10.0. The van der Waals surface area contributed by atoms with Crippen molar-refractivity contribution in [3.63, 3.8) is 0 Å². The minimum atomic E-state index is -0.299.